The van der Waals surface area contributed by atoms with Gasteiger partial charge in [0.2, 0.25) is 0 Å². The summed E-state index contributed by atoms with van der Waals surface area (Å²) in [6.45, 7) is 7.85. The van der Waals surface area contributed by atoms with E-state index in [0.29, 0.717) is 18.4 Å². The molecule has 0 heterocycles. The van der Waals surface area contributed by atoms with Gasteiger partial charge >= 0.3 is 5.97 Å². The van der Waals surface area contributed by atoms with Crippen molar-refractivity contribution in [1.29, 1.82) is 0 Å². The minimum absolute atomic E-state index is 0.231. The summed E-state index contributed by atoms with van der Waals surface area (Å²) in [6, 6.07) is -0.336. The molecule has 0 aromatic rings. The monoisotopic (exact) mass is 271 g/mol. The van der Waals surface area contributed by atoms with Crippen molar-refractivity contribution < 1.29 is 14.3 Å². The van der Waals surface area contributed by atoms with Crippen LogP contribution in [0.5, 0.6) is 0 Å². The van der Waals surface area contributed by atoms with E-state index >= 15 is 0 Å². The van der Waals surface area contributed by atoms with Gasteiger partial charge in [-0.15, -0.1) is 0 Å². The van der Waals surface area contributed by atoms with Gasteiger partial charge in [-0.25, -0.2) is 0 Å². The van der Waals surface area contributed by atoms with Gasteiger partial charge in [0, 0.05) is 0 Å². The Hall–Kier alpha value is -0.610. The van der Waals surface area contributed by atoms with Gasteiger partial charge < -0.3 is 14.8 Å². The van der Waals surface area contributed by atoms with E-state index in [-0.39, 0.29) is 18.1 Å². The van der Waals surface area contributed by atoms with Crippen molar-refractivity contribution in [2.24, 2.45) is 11.8 Å². The van der Waals surface area contributed by atoms with Gasteiger partial charge in [-0.2, -0.15) is 0 Å². The molecule has 3 unspecified atom stereocenters. The lowest BCUT2D eigenvalue weighted by Gasteiger charge is -2.32. The van der Waals surface area contributed by atoms with Crippen molar-refractivity contribution in [2.75, 3.05) is 20.3 Å². The second-order valence-corrected chi connectivity index (χ2v) is 5.90. The zero-order valence-electron chi connectivity index (χ0n) is 12.8. The molecule has 0 aromatic heterocycles. The van der Waals surface area contributed by atoms with Crippen molar-refractivity contribution in [1.82, 2.24) is 5.32 Å². The number of rotatable bonds is 7. The fraction of sp³-hybridized carbons (Fsp3) is 0.933. The molecule has 1 saturated carbocycles. The largest absolute Gasteiger partial charge is 0.468 e. The number of hydrogen-bond donors (Lipinski definition) is 1. The Morgan fingerprint density at radius 2 is 1.89 bits per heavy atom. The third-order valence-corrected chi connectivity index (χ3v) is 3.76. The molecule has 1 fully saturated rings. The molecule has 0 aromatic carbocycles. The molecule has 0 spiro atoms. The molecular weight excluding hydrogens is 242 g/mol. The van der Waals surface area contributed by atoms with Crippen LogP contribution in [0.15, 0.2) is 0 Å². The van der Waals surface area contributed by atoms with Crippen LogP contribution in [0.4, 0.5) is 0 Å². The Labute approximate surface area is 117 Å². The molecule has 0 saturated heterocycles. The molecule has 4 nitrogen and oxygen atoms in total. The van der Waals surface area contributed by atoms with Crippen molar-refractivity contribution in [3.05, 3.63) is 0 Å². The normalized spacial score (nSPS) is 28.9. The number of carbonyl (C=O) groups excluding carboxylic acids is 1. The highest BCUT2D eigenvalue weighted by Crippen LogP contribution is 2.30. The zero-order chi connectivity index (χ0) is 14.3. The highest BCUT2D eigenvalue weighted by molar-refractivity contribution is 5.75. The highest BCUT2D eigenvalue weighted by atomic mass is 16.5. The maximum absolute atomic E-state index is 11.7. The van der Waals surface area contributed by atoms with Gasteiger partial charge in [-0.3, -0.25) is 4.79 Å². The second-order valence-electron chi connectivity index (χ2n) is 5.90. The molecule has 0 radical (unpaired) electrons. The molecule has 0 amide bonds. The van der Waals surface area contributed by atoms with E-state index in [2.05, 4.69) is 26.1 Å². The standard InChI is InChI=1S/C15H29NO3/c1-5-6-16-14(15(17)18-4)10-19-13-8-11(2)7-12(3)9-13/h11-14,16H,5-10H2,1-4H3. The quantitative estimate of drug-likeness (QED) is 0.722. The first-order valence-electron chi connectivity index (χ1n) is 7.49. The molecule has 0 bridgehead atoms. The Balaban J connectivity index is 2.39. The summed E-state index contributed by atoms with van der Waals surface area (Å²) in [6.07, 6.45) is 4.77. The number of esters is 1. The summed E-state index contributed by atoms with van der Waals surface area (Å²) >= 11 is 0. The summed E-state index contributed by atoms with van der Waals surface area (Å²) in [4.78, 5) is 11.7. The van der Waals surface area contributed by atoms with Crippen molar-refractivity contribution in [3.8, 4) is 0 Å². The van der Waals surface area contributed by atoms with Gasteiger partial charge in [-0.1, -0.05) is 20.8 Å². The van der Waals surface area contributed by atoms with Crippen LogP contribution >= 0.6 is 0 Å². The van der Waals surface area contributed by atoms with Crippen LogP contribution in [0.2, 0.25) is 0 Å². The topological polar surface area (TPSA) is 47.6 Å². The van der Waals surface area contributed by atoms with E-state index < -0.39 is 0 Å². The third kappa shape index (κ3) is 5.91. The molecule has 1 N–H and O–H groups in total. The summed E-state index contributed by atoms with van der Waals surface area (Å²) in [5.41, 5.74) is 0. The zero-order valence-corrected chi connectivity index (χ0v) is 12.8. The van der Waals surface area contributed by atoms with Crippen molar-refractivity contribution >= 4 is 5.97 Å². The Kier molecular flexibility index (Phi) is 7.39. The van der Waals surface area contributed by atoms with Crippen LogP contribution < -0.4 is 5.32 Å². The number of carbonyl (C=O) groups is 1. The fourth-order valence-corrected chi connectivity index (χ4v) is 2.91. The van der Waals surface area contributed by atoms with E-state index in [1.807, 2.05) is 0 Å². The predicted molar refractivity (Wildman–Crippen MR) is 76.0 cm³/mol. The van der Waals surface area contributed by atoms with Crippen LogP contribution in [-0.4, -0.2) is 38.4 Å². The maximum Gasteiger partial charge on any atom is 0.325 e. The number of hydrogen-bond acceptors (Lipinski definition) is 4. The molecule has 4 heteroatoms. The summed E-state index contributed by atoms with van der Waals surface area (Å²) in [5, 5.41) is 3.18. The third-order valence-electron chi connectivity index (χ3n) is 3.76. The minimum atomic E-state index is -0.336. The molecule has 19 heavy (non-hydrogen) atoms. The van der Waals surface area contributed by atoms with Crippen molar-refractivity contribution in [3.63, 3.8) is 0 Å². The van der Waals surface area contributed by atoms with E-state index in [1.54, 1.807) is 0 Å². The molecule has 1 aliphatic carbocycles. The fourth-order valence-electron chi connectivity index (χ4n) is 2.91. The first-order valence-corrected chi connectivity index (χ1v) is 7.49. The smallest absolute Gasteiger partial charge is 0.325 e. The van der Waals surface area contributed by atoms with Crippen molar-refractivity contribution in [2.45, 2.75) is 58.6 Å². The summed E-state index contributed by atoms with van der Waals surface area (Å²) < 4.78 is 10.8. The maximum atomic E-state index is 11.7. The van der Waals surface area contributed by atoms with Gasteiger partial charge in [0.15, 0.2) is 0 Å². The lowest BCUT2D eigenvalue weighted by molar-refractivity contribution is -0.145. The van der Waals surface area contributed by atoms with Crippen LogP contribution in [0.25, 0.3) is 0 Å². The molecule has 3 atom stereocenters. The highest BCUT2D eigenvalue weighted by Gasteiger charge is 2.26. The van der Waals surface area contributed by atoms with Crippen LogP contribution in [0.1, 0.15) is 46.5 Å². The van der Waals surface area contributed by atoms with Crippen LogP contribution in [0.3, 0.4) is 0 Å². The first kappa shape index (κ1) is 16.4. The molecule has 1 rings (SSSR count). The second kappa shape index (κ2) is 8.54. The van der Waals surface area contributed by atoms with E-state index in [4.69, 9.17) is 9.47 Å². The van der Waals surface area contributed by atoms with Gasteiger partial charge in [-0.05, 0) is 44.1 Å². The first-order chi connectivity index (χ1) is 9.06. The van der Waals surface area contributed by atoms with Gasteiger partial charge in [0.1, 0.15) is 6.04 Å². The van der Waals surface area contributed by atoms with Gasteiger partial charge in [0.05, 0.1) is 19.8 Å². The SMILES string of the molecule is CCCNC(COC1CC(C)CC(C)C1)C(=O)OC. The molecule has 1 aliphatic rings. The summed E-state index contributed by atoms with van der Waals surface area (Å²) in [5.74, 6) is 1.20. The Bertz CT molecular complexity index is 260. The average Bonchev–Trinajstić information content (AvgIpc) is 2.37. The van der Waals surface area contributed by atoms with Gasteiger partial charge in [0.25, 0.3) is 0 Å². The summed E-state index contributed by atoms with van der Waals surface area (Å²) in [7, 11) is 1.42. The predicted octanol–water partition coefficient (Wildman–Crippen LogP) is 2.37. The minimum Gasteiger partial charge on any atom is -0.468 e. The number of methoxy groups -OCH3 is 1. The Morgan fingerprint density at radius 1 is 1.26 bits per heavy atom. The van der Waals surface area contributed by atoms with E-state index in [0.717, 1.165) is 25.8 Å². The molecular formula is C15H29NO3. The van der Waals surface area contributed by atoms with E-state index in [9.17, 15) is 4.79 Å². The lowest BCUT2D eigenvalue weighted by Crippen LogP contribution is -2.43. The molecule has 112 valence electrons. The average molecular weight is 271 g/mol. The number of ether oxygens (including phenoxy) is 2. The van der Waals surface area contributed by atoms with Crippen LogP contribution in [0, 0.1) is 11.8 Å². The molecule has 0 aliphatic heterocycles. The number of nitrogens with one attached hydrogen (secondary N) is 1. The van der Waals surface area contributed by atoms with Crippen LogP contribution in [-0.2, 0) is 14.3 Å². The Morgan fingerprint density at radius 3 is 2.42 bits per heavy atom. The lowest BCUT2D eigenvalue weighted by atomic mass is 9.82. The van der Waals surface area contributed by atoms with E-state index in [1.165, 1.54) is 13.5 Å².